The first kappa shape index (κ1) is 13.2. The summed E-state index contributed by atoms with van der Waals surface area (Å²) in [7, 11) is 0. The van der Waals surface area contributed by atoms with E-state index < -0.39 is 5.60 Å². The van der Waals surface area contributed by atoms with Gasteiger partial charge >= 0.3 is 0 Å². The average molecular weight is 269 g/mol. The molecule has 0 atom stereocenters. The number of hydrazine groups is 1. The molecular weight excluding hydrogens is 252 g/mol. The Morgan fingerprint density at radius 1 is 1.39 bits per heavy atom. The zero-order valence-corrected chi connectivity index (χ0v) is 10.8. The SMILES string of the molecule is O=C(CC1(O)CCCC1)NNc1cccc(Cl)c1. The largest absolute Gasteiger partial charge is 0.389 e. The lowest BCUT2D eigenvalue weighted by molar-refractivity contribution is -0.125. The van der Waals surface area contributed by atoms with Crippen molar-refractivity contribution in [3.05, 3.63) is 29.3 Å². The van der Waals surface area contributed by atoms with Crippen LogP contribution in [0.15, 0.2) is 24.3 Å². The number of benzene rings is 1. The number of nitrogens with one attached hydrogen (secondary N) is 2. The van der Waals surface area contributed by atoms with Crippen LogP contribution in [0.4, 0.5) is 5.69 Å². The molecular formula is C13H17ClN2O2. The lowest BCUT2D eigenvalue weighted by atomic mass is 9.98. The monoisotopic (exact) mass is 268 g/mol. The fourth-order valence-corrected chi connectivity index (χ4v) is 2.45. The van der Waals surface area contributed by atoms with Crippen LogP contribution in [-0.2, 0) is 4.79 Å². The maximum absolute atomic E-state index is 11.7. The lowest BCUT2D eigenvalue weighted by Gasteiger charge is -2.21. The summed E-state index contributed by atoms with van der Waals surface area (Å²) >= 11 is 5.83. The molecule has 0 spiro atoms. The van der Waals surface area contributed by atoms with E-state index >= 15 is 0 Å². The molecule has 5 heteroatoms. The van der Waals surface area contributed by atoms with Crippen LogP contribution in [0.3, 0.4) is 0 Å². The molecule has 0 aromatic heterocycles. The first-order valence-electron chi connectivity index (χ1n) is 6.10. The third-order valence-electron chi connectivity index (χ3n) is 3.19. The van der Waals surface area contributed by atoms with Gasteiger partial charge in [-0.25, -0.2) is 0 Å². The Kier molecular flexibility index (Phi) is 4.09. The molecule has 1 aliphatic carbocycles. The van der Waals surface area contributed by atoms with Crippen LogP contribution in [0.25, 0.3) is 0 Å². The van der Waals surface area contributed by atoms with E-state index in [9.17, 15) is 9.90 Å². The normalized spacial score (nSPS) is 17.4. The number of anilines is 1. The third-order valence-corrected chi connectivity index (χ3v) is 3.43. The van der Waals surface area contributed by atoms with Crippen molar-refractivity contribution in [1.82, 2.24) is 5.43 Å². The van der Waals surface area contributed by atoms with Gasteiger partial charge in [0.2, 0.25) is 5.91 Å². The summed E-state index contributed by atoms with van der Waals surface area (Å²) in [6, 6.07) is 7.07. The molecule has 0 aliphatic heterocycles. The van der Waals surface area contributed by atoms with E-state index in [-0.39, 0.29) is 12.3 Å². The molecule has 2 rings (SSSR count). The lowest BCUT2D eigenvalue weighted by Crippen LogP contribution is -2.37. The Morgan fingerprint density at radius 3 is 2.78 bits per heavy atom. The van der Waals surface area contributed by atoms with Gasteiger partial charge in [0.1, 0.15) is 0 Å². The number of carbonyl (C=O) groups is 1. The number of halogens is 1. The Bertz CT molecular complexity index is 431. The molecule has 4 nitrogen and oxygen atoms in total. The Labute approximate surface area is 111 Å². The highest BCUT2D eigenvalue weighted by molar-refractivity contribution is 6.30. The standard InChI is InChI=1S/C13H17ClN2O2/c14-10-4-3-5-11(8-10)15-16-12(17)9-13(18)6-1-2-7-13/h3-5,8,15,18H,1-2,6-7,9H2,(H,16,17). The minimum atomic E-state index is -0.819. The minimum absolute atomic E-state index is 0.139. The second-order valence-corrected chi connectivity index (χ2v) is 5.23. The van der Waals surface area contributed by atoms with Crippen LogP contribution in [-0.4, -0.2) is 16.6 Å². The zero-order chi connectivity index (χ0) is 13.0. The summed E-state index contributed by atoms with van der Waals surface area (Å²) in [4.78, 5) is 11.7. The van der Waals surface area contributed by atoms with E-state index in [0.29, 0.717) is 23.6 Å². The first-order chi connectivity index (χ1) is 8.57. The van der Waals surface area contributed by atoms with Crippen molar-refractivity contribution in [2.24, 2.45) is 0 Å². The van der Waals surface area contributed by atoms with Crippen molar-refractivity contribution in [2.75, 3.05) is 5.43 Å². The van der Waals surface area contributed by atoms with Crippen LogP contribution < -0.4 is 10.9 Å². The van der Waals surface area contributed by atoms with Gasteiger partial charge in [0.25, 0.3) is 0 Å². The fourth-order valence-electron chi connectivity index (χ4n) is 2.26. The molecule has 3 N–H and O–H groups in total. The second-order valence-electron chi connectivity index (χ2n) is 4.79. The molecule has 0 unspecified atom stereocenters. The predicted molar refractivity (Wildman–Crippen MR) is 71.3 cm³/mol. The van der Waals surface area contributed by atoms with Crippen molar-refractivity contribution in [3.8, 4) is 0 Å². The third kappa shape index (κ3) is 3.62. The van der Waals surface area contributed by atoms with Crippen molar-refractivity contribution < 1.29 is 9.90 Å². The fraction of sp³-hybridized carbons (Fsp3) is 0.462. The molecule has 1 amide bonds. The van der Waals surface area contributed by atoms with Gasteiger partial charge in [0.05, 0.1) is 17.7 Å². The van der Waals surface area contributed by atoms with E-state index in [1.807, 2.05) is 0 Å². The number of carbonyl (C=O) groups excluding carboxylic acids is 1. The number of amides is 1. The van der Waals surface area contributed by atoms with Gasteiger partial charge in [-0.3, -0.25) is 15.6 Å². The van der Waals surface area contributed by atoms with Crippen molar-refractivity contribution in [1.29, 1.82) is 0 Å². The van der Waals surface area contributed by atoms with Gasteiger partial charge in [-0.2, -0.15) is 0 Å². The van der Waals surface area contributed by atoms with Crippen LogP contribution in [0.2, 0.25) is 5.02 Å². The zero-order valence-electron chi connectivity index (χ0n) is 10.1. The van der Waals surface area contributed by atoms with E-state index in [4.69, 9.17) is 11.6 Å². The number of hydrogen-bond donors (Lipinski definition) is 3. The van der Waals surface area contributed by atoms with Gasteiger partial charge in [-0.1, -0.05) is 30.5 Å². The smallest absolute Gasteiger partial charge is 0.241 e. The average Bonchev–Trinajstić information content (AvgIpc) is 2.73. The van der Waals surface area contributed by atoms with E-state index in [2.05, 4.69) is 10.9 Å². The van der Waals surface area contributed by atoms with Gasteiger partial charge in [-0.05, 0) is 31.0 Å². The quantitative estimate of drug-likeness (QED) is 0.735. The maximum atomic E-state index is 11.7. The summed E-state index contributed by atoms with van der Waals surface area (Å²) < 4.78 is 0. The molecule has 1 aliphatic rings. The highest BCUT2D eigenvalue weighted by atomic mass is 35.5. The molecule has 0 saturated heterocycles. The molecule has 98 valence electrons. The minimum Gasteiger partial charge on any atom is -0.389 e. The number of rotatable bonds is 4. The summed E-state index contributed by atoms with van der Waals surface area (Å²) in [5, 5.41) is 10.7. The molecule has 1 fully saturated rings. The Balaban J connectivity index is 1.81. The summed E-state index contributed by atoms with van der Waals surface area (Å²) in [5.74, 6) is -0.209. The summed E-state index contributed by atoms with van der Waals surface area (Å²) in [6.45, 7) is 0. The highest BCUT2D eigenvalue weighted by Gasteiger charge is 2.33. The summed E-state index contributed by atoms with van der Waals surface area (Å²) in [5.41, 5.74) is 5.25. The van der Waals surface area contributed by atoms with Gasteiger partial charge in [0, 0.05) is 5.02 Å². The highest BCUT2D eigenvalue weighted by Crippen LogP contribution is 2.32. The molecule has 1 aromatic carbocycles. The van der Waals surface area contributed by atoms with Crippen LogP contribution in [0.1, 0.15) is 32.1 Å². The molecule has 0 radical (unpaired) electrons. The molecule has 1 aromatic rings. The second kappa shape index (κ2) is 5.59. The van der Waals surface area contributed by atoms with Crippen molar-refractivity contribution >= 4 is 23.2 Å². The molecule has 18 heavy (non-hydrogen) atoms. The van der Waals surface area contributed by atoms with Gasteiger partial charge in [-0.15, -0.1) is 0 Å². The number of aliphatic hydroxyl groups is 1. The first-order valence-corrected chi connectivity index (χ1v) is 6.48. The van der Waals surface area contributed by atoms with Gasteiger partial charge < -0.3 is 5.11 Å². The molecule has 1 saturated carbocycles. The summed E-state index contributed by atoms with van der Waals surface area (Å²) in [6.07, 6.45) is 3.53. The van der Waals surface area contributed by atoms with Gasteiger partial charge in [0.15, 0.2) is 0 Å². The van der Waals surface area contributed by atoms with Crippen LogP contribution in [0.5, 0.6) is 0 Å². The van der Waals surface area contributed by atoms with E-state index in [1.165, 1.54) is 0 Å². The van der Waals surface area contributed by atoms with Crippen LogP contribution >= 0.6 is 11.6 Å². The van der Waals surface area contributed by atoms with Crippen molar-refractivity contribution in [2.45, 2.75) is 37.7 Å². The molecule has 0 bridgehead atoms. The Morgan fingerprint density at radius 2 is 2.11 bits per heavy atom. The van der Waals surface area contributed by atoms with Crippen molar-refractivity contribution in [3.63, 3.8) is 0 Å². The topological polar surface area (TPSA) is 61.4 Å². The van der Waals surface area contributed by atoms with E-state index in [1.54, 1.807) is 24.3 Å². The number of hydrogen-bond acceptors (Lipinski definition) is 3. The Hall–Kier alpha value is -1.26. The predicted octanol–water partition coefficient (Wildman–Crippen LogP) is 2.48. The van der Waals surface area contributed by atoms with Crippen LogP contribution in [0, 0.1) is 0 Å². The van der Waals surface area contributed by atoms with E-state index in [0.717, 1.165) is 12.8 Å². The maximum Gasteiger partial charge on any atom is 0.241 e. The molecule has 0 heterocycles.